The highest BCUT2D eigenvalue weighted by atomic mass is 16.1. The number of amides is 1. The first-order valence-corrected chi connectivity index (χ1v) is 8.81. The maximum atomic E-state index is 12.6. The van der Waals surface area contributed by atoms with Crippen LogP contribution in [0.3, 0.4) is 0 Å². The van der Waals surface area contributed by atoms with Gasteiger partial charge in [-0.2, -0.15) is 5.10 Å². The Labute approximate surface area is 147 Å². The van der Waals surface area contributed by atoms with Gasteiger partial charge in [0.05, 0.1) is 23.9 Å². The minimum atomic E-state index is -0.0598. The van der Waals surface area contributed by atoms with E-state index in [9.17, 15) is 4.79 Å². The van der Waals surface area contributed by atoms with Crippen molar-refractivity contribution in [2.45, 2.75) is 53.0 Å². The number of pyridine rings is 1. The normalized spacial score (nSPS) is 11.4. The van der Waals surface area contributed by atoms with Crippen LogP contribution in [0.1, 0.15) is 49.7 Å². The molecule has 0 saturated heterocycles. The van der Waals surface area contributed by atoms with Crippen molar-refractivity contribution in [3.05, 3.63) is 47.5 Å². The molecule has 0 radical (unpaired) electrons. The topological polar surface area (TPSA) is 64.2 Å². The average Bonchev–Trinajstić information content (AvgIpc) is 3.14. The van der Waals surface area contributed by atoms with Crippen LogP contribution in [-0.4, -0.2) is 25.1 Å². The van der Waals surface area contributed by atoms with Crippen molar-refractivity contribution in [1.82, 2.24) is 19.2 Å². The van der Waals surface area contributed by atoms with Crippen molar-refractivity contribution in [2.24, 2.45) is 0 Å². The zero-order chi connectivity index (χ0) is 18.0. The molecule has 0 aliphatic heterocycles. The van der Waals surface area contributed by atoms with Crippen LogP contribution in [0.25, 0.3) is 5.65 Å². The van der Waals surface area contributed by atoms with E-state index in [-0.39, 0.29) is 12.3 Å². The average molecular weight is 339 g/mol. The predicted molar refractivity (Wildman–Crippen MR) is 98.8 cm³/mol. The Hall–Kier alpha value is -2.63. The standard InChI is InChI=1S/C19H25N5O/c1-5-15(6-2)24-17(10-14(4)22-24)21-18(25)11-16-12-20-19-13(3)8-7-9-23(16)19/h7-10,12,15H,5-6,11H2,1-4H3,(H,21,25). The van der Waals surface area contributed by atoms with Crippen LogP contribution in [0.15, 0.2) is 30.6 Å². The molecule has 1 N–H and O–H groups in total. The molecular weight excluding hydrogens is 314 g/mol. The van der Waals surface area contributed by atoms with Gasteiger partial charge in [0.25, 0.3) is 0 Å². The van der Waals surface area contributed by atoms with Gasteiger partial charge in [0.15, 0.2) is 0 Å². The monoisotopic (exact) mass is 339 g/mol. The molecule has 0 atom stereocenters. The van der Waals surface area contributed by atoms with Crippen LogP contribution in [0.2, 0.25) is 0 Å². The van der Waals surface area contributed by atoms with E-state index in [1.54, 1.807) is 6.20 Å². The van der Waals surface area contributed by atoms with Gasteiger partial charge in [-0.05, 0) is 38.3 Å². The fourth-order valence-corrected chi connectivity index (χ4v) is 3.21. The van der Waals surface area contributed by atoms with E-state index in [0.29, 0.717) is 6.04 Å². The second-order valence-corrected chi connectivity index (χ2v) is 6.45. The van der Waals surface area contributed by atoms with Crippen molar-refractivity contribution < 1.29 is 4.79 Å². The van der Waals surface area contributed by atoms with Crippen LogP contribution >= 0.6 is 0 Å². The van der Waals surface area contributed by atoms with E-state index in [1.807, 2.05) is 47.3 Å². The summed E-state index contributed by atoms with van der Waals surface area (Å²) in [5.41, 5.74) is 3.77. The van der Waals surface area contributed by atoms with Gasteiger partial charge in [-0.1, -0.05) is 19.9 Å². The molecule has 3 aromatic rings. The number of imidazole rings is 1. The summed E-state index contributed by atoms with van der Waals surface area (Å²) >= 11 is 0. The fourth-order valence-electron chi connectivity index (χ4n) is 3.21. The molecule has 0 spiro atoms. The molecule has 0 fully saturated rings. The van der Waals surface area contributed by atoms with E-state index >= 15 is 0 Å². The number of hydrogen-bond donors (Lipinski definition) is 1. The van der Waals surface area contributed by atoms with Gasteiger partial charge < -0.3 is 9.72 Å². The third kappa shape index (κ3) is 3.43. The number of aryl methyl sites for hydroxylation is 2. The molecular formula is C19H25N5O. The Balaban J connectivity index is 1.80. The molecule has 1 amide bonds. The number of anilines is 1. The smallest absolute Gasteiger partial charge is 0.231 e. The summed E-state index contributed by atoms with van der Waals surface area (Å²) in [6, 6.07) is 6.21. The third-order valence-corrected chi connectivity index (χ3v) is 4.56. The van der Waals surface area contributed by atoms with Gasteiger partial charge in [-0.15, -0.1) is 0 Å². The zero-order valence-electron chi connectivity index (χ0n) is 15.3. The molecule has 6 nitrogen and oxygen atoms in total. The molecule has 3 rings (SSSR count). The first-order chi connectivity index (χ1) is 12.0. The maximum Gasteiger partial charge on any atom is 0.231 e. The van der Waals surface area contributed by atoms with Crippen LogP contribution in [-0.2, 0) is 11.2 Å². The highest BCUT2D eigenvalue weighted by molar-refractivity contribution is 5.91. The van der Waals surface area contributed by atoms with Gasteiger partial charge >= 0.3 is 0 Å². The number of nitrogens with zero attached hydrogens (tertiary/aromatic N) is 4. The number of nitrogens with one attached hydrogen (secondary N) is 1. The summed E-state index contributed by atoms with van der Waals surface area (Å²) in [7, 11) is 0. The van der Waals surface area contributed by atoms with Crippen LogP contribution in [0.5, 0.6) is 0 Å². The van der Waals surface area contributed by atoms with E-state index in [0.717, 1.165) is 41.3 Å². The Kier molecular flexibility index (Phi) is 4.88. The van der Waals surface area contributed by atoms with Gasteiger partial charge in [0, 0.05) is 18.5 Å². The second kappa shape index (κ2) is 7.09. The zero-order valence-corrected chi connectivity index (χ0v) is 15.3. The lowest BCUT2D eigenvalue weighted by atomic mass is 10.2. The number of carbonyl (C=O) groups excluding carboxylic acids is 1. The number of aromatic nitrogens is 4. The molecule has 6 heteroatoms. The molecule has 25 heavy (non-hydrogen) atoms. The molecule has 3 aromatic heterocycles. The number of rotatable bonds is 6. The quantitative estimate of drug-likeness (QED) is 0.745. The van der Waals surface area contributed by atoms with E-state index < -0.39 is 0 Å². The van der Waals surface area contributed by atoms with Gasteiger partial charge in [0.1, 0.15) is 11.5 Å². The summed E-state index contributed by atoms with van der Waals surface area (Å²) in [5, 5.41) is 7.57. The van der Waals surface area contributed by atoms with Gasteiger partial charge in [0.2, 0.25) is 5.91 Å². The maximum absolute atomic E-state index is 12.6. The van der Waals surface area contributed by atoms with E-state index in [4.69, 9.17) is 0 Å². The fraction of sp³-hybridized carbons (Fsp3) is 0.421. The lowest BCUT2D eigenvalue weighted by molar-refractivity contribution is -0.115. The lowest BCUT2D eigenvalue weighted by Crippen LogP contribution is -2.20. The van der Waals surface area contributed by atoms with Crippen molar-refractivity contribution in [1.29, 1.82) is 0 Å². The molecule has 0 aromatic carbocycles. The van der Waals surface area contributed by atoms with E-state index in [2.05, 4.69) is 29.2 Å². The molecule has 0 bridgehead atoms. The lowest BCUT2D eigenvalue weighted by Gasteiger charge is -2.17. The van der Waals surface area contributed by atoms with Crippen molar-refractivity contribution >= 4 is 17.4 Å². The van der Waals surface area contributed by atoms with Gasteiger partial charge in [-0.25, -0.2) is 9.67 Å². The molecule has 3 heterocycles. The van der Waals surface area contributed by atoms with Crippen molar-refractivity contribution in [3.63, 3.8) is 0 Å². The van der Waals surface area contributed by atoms with Crippen molar-refractivity contribution in [2.75, 3.05) is 5.32 Å². The summed E-state index contributed by atoms with van der Waals surface area (Å²) < 4.78 is 3.91. The van der Waals surface area contributed by atoms with Crippen molar-refractivity contribution in [3.8, 4) is 0 Å². The summed E-state index contributed by atoms with van der Waals surface area (Å²) in [6.45, 7) is 8.24. The minimum Gasteiger partial charge on any atom is -0.311 e. The van der Waals surface area contributed by atoms with Crippen LogP contribution < -0.4 is 5.32 Å². The Morgan fingerprint density at radius 1 is 1.28 bits per heavy atom. The summed E-state index contributed by atoms with van der Waals surface area (Å²) in [5.74, 6) is 0.705. The molecule has 0 aliphatic rings. The number of fused-ring (bicyclic) bond motifs is 1. The van der Waals surface area contributed by atoms with Gasteiger partial charge in [-0.3, -0.25) is 4.79 Å². The van der Waals surface area contributed by atoms with Crippen LogP contribution in [0, 0.1) is 13.8 Å². The highest BCUT2D eigenvalue weighted by Crippen LogP contribution is 2.22. The highest BCUT2D eigenvalue weighted by Gasteiger charge is 2.16. The Morgan fingerprint density at radius 3 is 2.76 bits per heavy atom. The third-order valence-electron chi connectivity index (χ3n) is 4.56. The largest absolute Gasteiger partial charge is 0.311 e. The molecule has 0 aliphatic carbocycles. The van der Waals surface area contributed by atoms with E-state index in [1.165, 1.54) is 0 Å². The number of carbonyl (C=O) groups is 1. The summed E-state index contributed by atoms with van der Waals surface area (Å²) in [6.07, 6.45) is 5.94. The SMILES string of the molecule is CCC(CC)n1nc(C)cc1NC(=O)Cc1cnc2c(C)cccn12. The predicted octanol–water partition coefficient (Wildman–Crippen LogP) is 3.69. The Bertz CT molecular complexity index is 888. The Morgan fingerprint density at radius 2 is 2.04 bits per heavy atom. The first kappa shape index (κ1) is 17.2. The van der Waals surface area contributed by atoms with Crippen LogP contribution in [0.4, 0.5) is 5.82 Å². The molecule has 0 unspecified atom stereocenters. The number of hydrogen-bond acceptors (Lipinski definition) is 3. The summed E-state index contributed by atoms with van der Waals surface area (Å²) in [4.78, 5) is 17.0. The minimum absolute atomic E-state index is 0.0598. The molecule has 132 valence electrons. The first-order valence-electron chi connectivity index (χ1n) is 8.81. The second-order valence-electron chi connectivity index (χ2n) is 6.45. The molecule has 0 saturated carbocycles.